The van der Waals surface area contributed by atoms with E-state index in [0.717, 1.165) is 19.6 Å². The van der Waals surface area contributed by atoms with Gasteiger partial charge in [0.15, 0.2) is 0 Å². The van der Waals surface area contributed by atoms with Crippen molar-refractivity contribution in [1.29, 1.82) is 0 Å². The van der Waals surface area contributed by atoms with E-state index in [1.807, 2.05) is 0 Å². The minimum atomic E-state index is 0.477. The average molecular weight is 294 g/mol. The molecule has 0 heterocycles. The van der Waals surface area contributed by atoms with Gasteiger partial charge in [0.05, 0.1) is 13.2 Å². The molecule has 21 heavy (non-hydrogen) atoms. The van der Waals surface area contributed by atoms with Gasteiger partial charge in [0.1, 0.15) is 0 Å². The second-order valence-corrected chi connectivity index (χ2v) is 5.64. The van der Waals surface area contributed by atoms with Gasteiger partial charge in [-0.1, -0.05) is 31.5 Å². The second kappa shape index (κ2) is 9.77. The van der Waals surface area contributed by atoms with Crippen molar-refractivity contribution in [3.8, 4) is 0 Å². The summed E-state index contributed by atoms with van der Waals surface area (Å²) in [6.45, 7) is 10.5. The van der Waals surface area contributed by atoms with E-state index in [9.17, 15) is 0 Å². The summed E-state index contributed by atoms with van der Waals surface area (Å²) in [5.41, 5.74) is 3.89. The molecule has 1 aromatic rings. The number of methoxy groups -OCH3 is 2. The summed E-state index contributed by atoms with van der Waals surface area (Å²) in [4.78, 5) is 2.34. The monoisotopic (exact) mass is 294 g/mol. The van der Waals surface area contributed by atoms with Crippen molar-refractivity contribution in [2.24, 2.45) is 0 Å². The van der Waals surface area contributed by atoms with E-state index in [2.05, 4.69) is 49.2 Å². The average Bonchev–Trinajstić information content (AvgIpc) is 2.46. The molecule has 1 rings (SSSR count). The molecule has 0 aliphatic heterocycles. The Morgan fingerprint density at radius 3 is 2.24 bits per heavy atom. The maximum atomic E-state index is 5.24. The predicted molar refractivity (Wildman–Crippen MR) is 89.1 cm³/mol. The zero-order valence-electron chi connectivity index (χ0n) is 14.1. The highest BCUT2D eigenvalue weighted by Gasteiger charge is 2.11. The summed E-state index contributed by atoms with van der Waals surface area (Å²) >= 11 is 0. The van der Waals surface area contributed by atoms with Crippen LogP contribution in [0.25, 0.3) is 0 Å². The van der Waals surface area contributed by atoms with E-state index in [-0.39, 0.29) is 0 Å². The van der Waals surface area contributed by atoms with Crippen LogP contribution < -0.4 is 10.2 Å². The van der Waals surface area contributed by atoms with Crippen molar-refractivity contribution in [3.63, 3.8) is 0 Å². The maximum absolute atomic E-state index is 5.24. The van der Waals surface area contributed by atoms with E-state index in [1.54, 1.807) is 14.2 Å². The van der Waals surface area contributed by atoms with Gasteiger partial charge in [-0.25, -0.2) is 0 Å². The summed E-state index contributed by atoms with van der Waals surface area (Å²) in [5.74, 6) is 0. The first-order valence-corrected chi connectivity index (χ1v) is 7.64. The van der Waals surface area contributed by atoms with Gasteiger partial charge < -0.3 is 19.7 Å². The molecule has 0 aliphatic rings. The van der Waals surface area contributed by atoms with E-state index < -0.39 is 0 Å². The summed E-state index contributed by atoms with van der Waals surface area (Å²) < 4.78 is 10.5. The highest BCUT2D eigenvalue weighted by Crippen LogP contribution is 2.22. The molecule has 120 valence electrons. The highest BCUT2D eigenvalue weighted by atomic mass is 16.5. The molecule has 4 heteroatoms. The fraction of sp³-hybridized carbons (Fsp3) is 0.647. The Morgan fingerprint density at radius 2 is 1.71 bits per heavy atom. The smallest absolute Gasteiger partial charge is 0.0637 e. The lowest BCUT2D eigenvalue weighted by Gasteiger charge is -2.27. The van der Waals surface area contributed by atoms with Gasteiger partial charge in [0.25, 0.3) is 0 Å². The predicted octanol–water partition coefficient (Wildman–Crippen LogP) is 2.59. The molecule has 0 aliphatic carbocycles. The fourth-order valence-electron chi connectivity index (χ4n) is 2.23. The van der Waals surface area contributed by atoms with Gasteiger partial charge in [0, 0.05) is 45.6 Å². The van der Waals surface area contributed by atoms with Crippen molar-refractivity contribution in [3.05, 3.63) is 29.3 Å². The van der Waals surface area contributed by atoms with E-state index in [1.165, 1.54) is 16.8 Å². The molecule has 0 saturated carbocycles. The SMILES string of the molecule is COCCN(CCOC)c1ccc(C)cc1CNC(C)C. The van der Waals surface area contributed by atoms with E-state index >= 15 is 0 Å². The number of anilines is 1. The molecular formula is C17H30N2O2. The lowest BCUT2D eigenvalue weighted by atomic mass is 10.1. The zero-order valence-corrected chi connectivity index (χ0v) is 14.1. The number of nitrogens with zero attached hydrogens (tertiary/aromatic N) is 1. The number of rotatable bonds is 10. The Balaban J connectivity index is 2.92. The minimum Gasteiger partial charge on any atom is -0.383 e. The number of hydrogen-bond donors (Lipinski definition) is 1. The summed E-state index contributed by atoms with van der Waals surface area (Å²) in [7, 11) is 3.48. The molecular weight excluding hydrogens is 264 g/mol. The highest BCUT2D eigenvalue weighted by molar-refractivity contribution is 5.55. The van der Waals surface area contributed by atoms with Crippen LogP contribution in [0.3, 0.4) is 0 Å². The maximum Gasteiger partial charge on any atom is 0.0637 e. The van der Waals surface area contributed by atoms with Crippen LogP contribution in [-0.2, 0) is 16.0 Å². The van der Waals surface area contributed by atoms with Crippen LogP contribution in [0.4, 0.5) is 5.69 Å². The second-order valence-electron chi connectivity index (χ2n) is 5.64. The fourth-order valence-corrected chi connectivity index (χ4v) is 2.23. The van der Waals surface area contributed by atoms with Gasteiger partial charge in [-0.15, -0.1) is 0 Å². The molecule has 4 nitrogen and oxygen atoms in total. The van der Waals surface area contributed by atoms with Crippen LogP contribution in [-0.4, -0.2) is 46.6 Å². The van der Waals surface area contributed by atoms with Crippen LogP contribution >= 0.6 is 0 Å². The molecule has 0 spiro atoms. The normalized spacial score (nSPS) is 11.1. The Hall–Kier alpha value is -1.10. The van der Waals surface area contributed by atoms with E-state index in [4.69, 9.17) is 9.47 Å². The zero-order chi connectivity index (χ0) is 15.7. The number of nitrogens with one attached hydrogen (secondary N) is 1. The van der Waals surface area contributed by atoms with E-state index in [0.29, 0.717) is 19.3 Å². The molecule has 0 bridgehead atoms. The summed E-state index contributed by atoms with van der Waals surface area (Å²) in [6.07, 6.45) is 0. The molecule has 0 fully saturated rings. The number of ether oxygens (including phenoxy) is 2. The van der Waals surface area contributed by atoms with Gasteiger partial charge in [-0.2, -0.15) is 0 Å². The summed E-state index contributed by atoms with van der Waals surface area (Å²) in [6, 6.07) is 7.11. The Labute approximate surface area is 129 Å². The largest absolute Gasteiger partial charge is 0.383 e. The Kier molecular flexibility index (Phi) is 8.35. The molecule has 0 amide bonds. The van der Waals surface area contributed by atoms with Gasteiger partial charge >= 0.3 is 0 Å². The molecule has 0 unspecified atom stereocenters. The van der Waals surface area contributed by atoms with Crippen molar-refractivity contribution >= 4 is 5.69 Å². The topological polar surface area (TPSA) is 33.7 Å². The van der Waals surface area contributed by atoms with Crippen LogP contribution in [0.2, 0.25) is 0 Å². The van der Waals surface area contributed by atoms with Crippen molar-refractivity contribution in [1.82, 2.24) is 5.32 Å². The number of aryl methyl sites for hydroxylation is 1. The molecule has 0 aromatic heterocycles. The minimum absolute atomic E-state index is 0.477. The van der Waals surface area contributed by atoms with Crippen LogP contribution in [0, 0.1) is 6.92 Å². The van der Waals surface area contributed by atoms with Crippen LogP contribution in [0.5, 0.6) is 0 Å². The lowest BCUT2D eigenvalue weighted by Crippen LogP contribution is -2.32. The molecule has 0 atom stereocenters. The molecule has 1 aromatic carbocycles. The number of benzene rings is 1. The quantitative estimate of drug-likeness (QED) is 0.719. The van der Waals surface area contributed by atoms with Gasteiger partial charge in [-0.05, 0) is 18.6 Å². The van der Waals surface area contributed by atoms with Crippen molar-refractivity contribution < 1.29 is 9.47 Å². The summed E-state index contributed by atoms with van der Waals surface area (Å²) in [5, 5.41) is 3.51. The third-order valence-electron chi connectivity index (χ3n) is 3.41. The third kappa shape index (κ3) is 6.46. The van der Waals surface area contributed by atoms with Gasteiger partial charge in [0.2, 0.25) is 0 Å². The van der Waals surface area contributed by atoms with Crippen molar-refractivity contribution in [2.75, 3.05) is 45.4 Å². The molecule has 0 radical (unpaired) electrons. The molecule has 0 saturated heterocycles. The first-order valence-electron chi connectivity index (χ1n) is 7.64. The van der Waals surface area contributed by atoms with Crippen LogP contribution in [0.1, 0.15) is 25.0 Å². The number of hydrogen-bond acceptors (Lipinski definition) is 4. The lowest BCUT2D eigenvalue weighted by molar-refractivity contribution is 0.190. The standard InChI is InChI=1S/C17H30N2O2/c1-14(2)18-13-16-12-15(3)6-7-17(16)19(8-10-20-4)9-11-21-5/h6-7,12,14,18H,8-11,13H2,1-5H3. The van der Waals surface area contributed by atoms with Gasteiger partial charge in [-0.3, -0.25) is 0 Å². The third-order valence-corrected chi connectivity index (χ3v) is 3.41. The molecule has 1 N–H and O–H groups in total. The van der Waals surface area contributed by atoms with Crippen molar-refractivity contribution in [2.45, 2.75) is 33.4 Å². The Morgan fingerprint density at radius 1 is 1.10 bits per heavy atom. The first-order chi connectivity index (χ1) is 10.1. The van der Waals surface area contributed by atoms with Crippen LogP contribution in [0.15, 0.2) is 18.2 Å². The first kappa shape index (κ1) is 18.0. The Bertz CT molecular complexity index is 400.